The number of nitrogens with zero attached hydrogens (tertiary/aromatic N) is 4. The molecule has 0 saturated heterocycles. The second kappa shape index (κ2) is 3.45. The summed E-state index contributed by atoms with van der Waals surface area (Å²) in [5, 5.41) is 12.8. The Morgan fingerprint density at radius 2 is 2.29 bits per heavy atom. The van der Waals surface area contributed by atoms with E-state index in [1.807, 2.05) is 6.07 Å². The van der Waals surface area contributed by atoms with Crippen LogP contribution >= 0.6 is 23.2 Å². The van der Waals surface area contributed by atoms with Gasteiger partial charge < -0.3 is 0 Å². The molecule has 4 nitrogen and oxygen atoms in total. The molecule has 0 spiro atoms. The van der Waals surface area contributed by atoms with Crippen molar-refractivity contribution in [1.29, 1.82) is 5.26 Å². The number of halogens is 2. The largest absolute Gasteiger partial charge is 0.219 e. The van der Waals surface area contributed by atoms with Gasteiger partial charge in [0, 0.05) is 6.20 Å². The van der Waals surface area contributed by atoms with Crippen LogP contribution in [0.2, 0.25) is 0 Å². The molecule has 14 heavy (non-hydrogen) atoms. The summed E-state index contributed by atoms with van der Waals surface area (Å²) < 4.78 is 1.48. The number of pyridine rings is 1. The molecule has 0 bridgehead atoms. The molecule has 0 aliphatic carbocycles. The summed E-state index contributed by atoms with van der Waals surface area (Å²) in [7, 11) is 0. The Kier molecular flexibility index (Phi) is 2.28. The average molecular weight is 227 g/mol. The Balaban J connectivity index is 2.72. The van der Waals surface area contributed by atoms with Crippen molar-refractivity contribution in [2.75, 3.05) is 0 Å². The molecule has 6 heteroatoms. The van der Waals surface area contributed by atoms with E-state index in [2.05, 4.69) is 10.1 Å². The van der Waals surface area contributed by atoms with E-state index in [1.165, 1.54) is 4.52 Å². The smallest absolute Gasteiger partial charge is 0.184 e. The molecular weight excluding hydrogens is 223 g/mol. The standard InChI is InChI=1S/C8H4Cl2N4/c9-6(10)7-12-8-5(4-11)2-1-3-14(8)13-7/h1-3,6H. The number of hydrogen-bond acceptors (Lipinski definition) is 3. The van der Waals surface area contributed by atoms with E-state index in [1.54, 1.807) is 18.3 Å². The van der Waals surface area contributed by atoms with Crippen LogP contribution in [0.4, 0.5) is 0 Å². The van der Waals surface area contributed by atoms with E-state index < -0.39 is 4.84 Å². The van der Waals surface area contributed by atoms with Crippen LogP contribution < -0.4 is 0 Å². The molecule has 0 atom stereocenters. The molecule has 2 rings (SSSR count). The van der Waals surface area contributed by atoms with Crippen LogP contribution in [0, 0.1) is 11.3 Å². The first-order valence-corrected chi connectivity index (χ1v) is 4.63. The first kappa shape index (κ1) is 9.25. The van der Waals surface area contributed by atoms with E-state index in [-0.39, 0.29) is 0 Å². The van der Waals surface area contributed by atoms with Gasteiger partial charge in [-0.2, -0.15) is 5.26 Å². The third-order valence-electron chi connectivity index (χ3n) is 1.69. The summed E-state index contributed by atoms with van der Waals surface area (Å²) in [6, 6.07) is 5.38. The molecule has 2 heterocycles. The van der Waals surface area contributed by atoms with Gasteiger partial charge in [-0.05, 0) is 12.1 Å². The van der Waals surface area contributed by atoms with Crippen LogP contribution in [0.1, 0.15) is 16.2 Å². The van der Waals surface area contributed by atoms with Crippen LogP contribution in [0.3, 0.4) is 0 Å². The van der Waals surface area contributed by atoms with Gasteiger partial charge in [-0.25, -0.2) is 9.50 Å². The van der Waals surface area contributed by atoms with Gasteiger partial charge in [0.05, 0.1) is 5.56 Å². The average Bonchev–Trinajstić information content (AvgIpc) is 2.60. The number of nitriles is 1. The maximum Gasteiger partial charge on any atom is 0.184 e. The lowest BCUT2D eigenvalue weighted by molar-refractivity contribution is 0.915. The fourth-order valence-corrected chi connectivity index (χ4v) is 1.29. The Hall–Kier alpha value is -1.31. The van der Waals surface area contributed by atoms with Crippen molar-refractivity contribution in [3.63, 3.8) is 0 Å². The van der Waals surface area contributed by atoms with Gasteiger partial charge in [-0.1, -0.05) is 23.2 Å². The second-order valence-corrected chi connectivity index (χ2v) is 3.67. The molecule has 0 aliphatic rings. The molecule has 2 aromatic rings. The van der Waals surface area contributed by atoms with Crippen molar-refractivity contribution >= 4 is 28.8 Å². The first-order valence-electron chi connectivity index (χ1n) is 3.76. The van der Waals surface area contributed by atoms with Gasteiger partial charge in [0.25, 0.3) is 0 Å². The Labute approximate surface area is 89.7 Å². The number of alkyl halides is 2. The normalized spacial score (nSPS) is 10.7. The molecule has 0 aromatic carbocycles. The van der Waals surface area contributed by atoms with Crippen LogP contribution in [0.25, 0.3) is 5.65 Å². The Morgan fingerprint density at radius 1 is 1.50 bits per heavy atom. The highest BCUT2D eigenvalue weighted by atomic mass is 35.5. The quantitative estimate of drug-likeness (QED) is 0.700. The minimum Gasteiger partial charge on any atom is -0.219 e. The number of aromatic nitrogens is 3. The number of fused-ring (bicyclic) bond motifs is 1. The minimum absolute atomic E-state index is 0.302. The van der Waals surface area contributed by atoms with E-state index in [0.717, 1.165) is 0 Å². The predicted octanol–water partition coefficient (Wildman–Crippen LogP) is 2.08. The van der Waals surface area contributed by atoms with Gasteiger partial charge in [0.15, 0.2) is 16.3 Å². The van der Waals surface area contributed by atoms with Crippen molar-refractivity contribution in [3.8, 4) is 6.07 Å². The van der Waals surface area contributed by atoms with Crippen molar-refractivity contribution in [3.05, 3.63) is 29.7 Å². The SMILES string of the molecule is N#Cc1cccn2nc(C(Cl)Cl)nc12. The number of rotatable bonds is 1. The maximum absolute atomic E-state index is 8.79. The number of hydrogen-bond donors (Lipinski definition) is 0. The zero-order chi connectivity index (χ0) is 10.1. The van der Waals surface area contributed by atoms with Crippen LogP contribution in [0.15, 0.2) is 18.3 Å². The van der Waals surface area contributed by atoms with E-state index >= 15 is 0 Å². The third kappa shape index (κ3) is 1.41. The van der Waals surface area contributed by atoms with Crippen molar-refractivity contribution in [1.82, 2.24) is 14.6 Å². The monoisotopic (exact) mass is 226 g/mol. The summed E-state index contributed by atoms with van der Waals surface area (Å²) in [5.41, 5.74) is 0.913. The molecule has 0 unspecified atom stereocenters. The Bertz CT molecular complexity index is 512. The van der Waals surface area contributed by atoms with Crippen LogP contribution in [-0.4, -0.2) is 14.6 Å². The summed E-state index contributed by atoms with van der Waals surface area (Å²) in [6.07, 6.45) is 1.68. The highest BCUT2D eigenvalue weighted by Gasteiger charge is 2.12. The molecule has 0 saturated carbocycles. The van der Waals surface area contributed by atoms with Gasteiger partial charge in [0.2, 0.25) is 0 Å². The van der Waals surface area contributed by atoms with Crippen molar-refractivity contribution in [2.45, 2.75) is 4.84 Å². The summed E-state index contributed by atoms with van der Waals surface area (Å²) in [5.74, 6) is 0.302. The second-order valence-electron chi connectivity index (χ2n) is 2.57. The topological polar surface area (TPSA) is 54.0 Å². The molecule has 0 amide bonds. The zero-order valence-electron chi connectivity index (χ0n) is 6.85. The van der Waals surface area contributed by atoms with E-state index in [9.17, 15) is 0 Å². The zero-order valence-corrected chi connectivity index (χ0v) is 8.37. The van der Waals surface area contributed by atoms with Gasteiger partial charge in [0.1, 0.15) is 6.07 Å². The first-order chi connectivity index (χ1) is 6.72. The van der Waals surface area contributed by atoms with Crippen LogP contribution in [-0.2, 0) is 0 Å². The highest BCUT2D eigenvalue weighted by molar-refractivity contribution is 6.43. The third-order valence-corrected chi connectivity index (χ3v) is 2.08. The van der Waals surface area contributed by atoms with Crippen LogP contribution in [0.5, 0.6) is 0 Å². The molecule has 70 valence electrons. The summed E-state index contributed by atoms with van der Waals surface area (Å²) >= 11 is 11.2. The highest BCUT2D eigenvalue weighted by Crippen LogP contribution is 2.22. The molecule has 0 fully saturated rings. The van der Waals surface area contributed by atoms with E-state index in [0.29, 0.717) is 17.0 Å². The molecule has 0 aliphatic heterocycles. The van der Waals surface area contributed by atoms with Crippen molar-refractivity contribution in [2.24, 2.45) is 0 Å². The summed E-state index contributed by atoms with van der Waals surface area (Å²) in [6.45, 7) is 0. The Morgan fingerprint density at radius 3 is 2.93 bits per heavy atom. The minimum atomic E-state index is -0.776. The van der Waals surface area contributed by atoms with Gasteiger partial charge in [-0.15, -0.1) is 5.10 Å². The lowest BCUT2D eigenvalue weighted by Gasteiger charge is -1.90. The van der Waals surface area contributed by atoms with Crippen molar-refractivity contribution < 1.29 is 0 Å². The lowest BCUT2D eigenvalue weighted by Crippen LogP contribution is -1.89. The molecular formula is C8H4Cl2N4. The fourth-order valence-electron chi connectivity index (χ4n) is 1.10. The van der Waals surface area contributed by atoms with E-state index in [4.69, 9.17) is 28.5 Å². The summed E-state index contributed by atoms with van der Waals surface area (Å²) in [4.78, 5) is 3.27. The predicted molar refractivity (Wildman–Crippen MR) is 52.1 cm³/mol. The van der Waals surface area contributed by atoms with Gasteiger partial charge >= 0.3 is 0 Å². The fraction of sp³-hybridized carbons (Fsp3) is 0.125. The molecule has 0 N–H and O–H groups in total. The maximum atomic E-state index is 8.79. The molecule has 0 radical (unpaired) electrons. The molecule has 2 aromatic heterocycles. The lowest BCUT2D eigenvalue weighted by atomic mass is 10.3. The van der Waals surface area contributed by atoms with Gasteiger partial charge in [-0.3, -0.25) is 0 Å².